The van der Waals surface area contributed by atoms with Gasteiger partial charge in [0.2, 0.25) is 0 Å². The molecule has 2 rings (SSSR count). The highest BCUT2D eigenvalue weighted by molar-refractivity contribution is 5.34. The maximum absolute atomic E-state index is 13.2. The molecule has 1 N–H and O–H groups in total. The number of nitrogens with zero attached hydrogens (tertiary/aromatic N) is 1. The molecule has 1 fully saturated rings. The summed E-state index contributed by atoms with van der Waals surface area (Å²) in [6, 6.07) is 7.06. The van der Waals surface area contributed by atoms with E-state index in [-0.39, 0.29) is 5.82 Å². The Morgan fingerprint density at radius 2 is 2.33 bits per heavy atom. The fourth-order valence-corrected chi connectivity index (χ4v) is 1.70. The molecular formula is C14H17FN2O. The summed E-state index contributed by atoms with van der Waals surface area (Å²) in [6.07, 6.45) is 2.50. The molecule has 1 aliphatic carbocycles. The van der Waals surface area contributed by atoms with Crippen LogP contribution in [0, 0.1) is 17.1 Å². The van der Waals surface area contributed by atoms with Crippen LogP contribution in [-0.2, 0) is 6.54 Å². The predicted molar refractivity (Wildman–Crippen MR) is 66.6 cm³/mol. The van der Waals surface area contributed by atoms with Gasteiger partial charge >= 0.3 is 0 Å². The molecule has 3 nitrogen and oxygen atoms in total. The summed E-state index contributed by atoms with van der Waals surface area (Å²) in [7, 11) is 0. The van der Waals surface area contributed by atoms with Gasteiger partial charge in [-0.05, 0) is 37.5 Å². The van der Waals surface area contributed by atoms with Crippen LogP contribution in [0.4, 0.5) is 4.39 Å². The van der Waals surface area contributed by atoms with E-state index in [1.807, 2.05) is 6.92 Å². The van der Waals surface area contributed by atoms with Crippen molar-refractivity contribution in [2.24, 2.45) is 0 Å². The molecule has 1 saturated carbocycles. The zero-order chi connectivity index (χ0) is 13.0. The highest BCUT2D eigenvalue weighted by atomic mass is 19.1. The van der Waals surface area contributed by atoms with Crippen molar-refractivity contribution in [1.29, 1.82) is 5.26 Å². The van der Waals surface area contributed by atoms with Crippen molar-refractivity contribution in [1.82, 2.24) is 5.32 Å². The zero-order valence-corrected chi connectivity index (χ0v) is 10.4. The summed E-state index contributed by atoms with van der Waals surface area (Å²) in [5.74, 6) is 0.318. The average molecular weight is 248 g/mol. The van der Waals surface area contributed by atoms with E-state index in [1.54, 1.807) is 6.07 Å². The van der Waals surface area contributed by atoms with Crippen molar-refractivity contribution in [2.75, 3.05) is 0 Å². The Balaban J connectivity index is 2.08. The smallest absolute Gasteiger partial charge is 0.184 e. The number of hydrogen-bond acceptors (Lipinski definition) is 3. The summed E-state index contributed by atoms with van der Waals surface area (Å²) in [5, 5.41) is 12.2. The summed E-state index contributed by atoms with van der Waals surface area (Å²) in [6.45, 7) is 2.47. The lowest BCUT2D eigenvalue weighted by atomic mass is 10.2. The van der Waals surface area contributed by atoms with Crippen molar-refractivity contribution in [3.63, 3.8) is 0 Å². The van der Waals surface area contributed by atoms with Gasteiger partial charge in [0.05, 0.1) is 0 Å². The number of halogens is 1. The largest absolute Gasteiger partial charge is 0.475 e. The lowest BCUT2D eigenvalue weighted by Gasteiger charge is -2.15. The van der Waals surface area contributed by atoms with Crippen LogP contribution < -0.4 is 10.1 Å². The average Bonchev–Trinajstić information content (AvgIpc) is 3.19. The molecule has 0 bridgehead atoms. The molecule has 0 heterocycles. The van der Waals surface area contributed by atoms with Gasteiger partial charge in [-0.25, -0.2) is 4.39 Å². The van der Waals surface area contributed by atoms with Crippen molar-refractivity contribution in [2.45, 2.75) is 44.9 Å². The van der Waals surface area contributed by atoms with Gasteiger partial charge in [0.15, 0.2) is 6.10 Å². The molecule has 18 heavy (non-hydrogen) atoms. The lowest BCUT2D eigenvalue weighted by Crippen LogP contribution is -2.18. The van der Waals surface area contributed by atoms with Crippen LogP contribution >= 0.6 is 0 Å². The van der Waals surface area contributed by atoms with E-state index in [1.165, 1.54) is 25.0 Å². The second-order valence-corrected chi connectivity index (χ2v) is 4.55. The van der Waals surface area contributed by atoms with Crippen molar-refractivity contribution in [3.05, 3.63) is 29.6 Å². The van der Waals surface area contributed by atoms with Gasteiger partial charge in [-0.2, -0.15) is 5.26 Å². The molecule has 1 aromatic carbocycles. The first-order chi connectivity index (χ1) is 8.72. The third kappa shape index (κ3) is 3.44. The molecule has 0 aliphatic heterocycles. The first kappa shape index (κ1) is 12.8. The Morgan fingerprint density at radius 3 is 2.94 bits per heavy atom. The lowest BCUT2D eigenvalue weighted by molar-refractivity contribution is 0.248. The van der Waals surface area contributed by atoms with Gasteiger partial charge in [-0.3, -0.25) is 0 Å². The summed E-state index contributed by atoms with van der Waals surface area (Å²) < 4.78 is 18.8. The molecule has 0 spiro atoms. The Bertz CT molecular complexity index is 452. The minimum Gasteiger partial charge on any atom is -0.475 e. The SMILES string of the molecule is CCC(C#N)Oc1ccc(F)cc1CNC1CC1. The Labute approximate surface area is 107 Å². The molecule has 4 heteroatoms. The van der Waals surface area contributed by atoms with Gasteiger partial charge in [-0.15, -0.1) is 0 Å². The number of rotatable bonds is 6. The van der Waals surface area contributed by atoms with Crippen molar-refractivity contribution in [3.8, 4) is 11.8 Å². The number of nitriles is 1. The van der Waals surface area contributed by atoms with Gasteiger partial charge in [0, 0.05) is 18.2 Å². The molecule has 96 valence electrons. The third-order valence-corrected chi connectivity index (χ3v) is 2.97. The monoisotopic (exact) mass is 248 g/mol. The molecule has 1 aliphatic rings. The van der Waals surface area contributed by atoms with Crippen LogP contribution in [0.25, 0.3) is 0 Å². The van der Waals surface area contributed by atoms with Gasteiger partial charge in [0.1, 0.15) is 17.6 Å². The maximum Gasteiger partial charge on any atom is 0.184 e. The zero-order valence-electron chi connectivity index (χ0n) is 10.4. The number of nitrogens with one attached hydrogen (secondary N) is 1. The van der Waals surface area contributed by atoms with Crippen LogP contribution in [0.5, 0.6) is 5.75 Å². The minimum atomic E-state index is -0.477. The highest BCUT2D eigenvalue weighted by Crippen LogP contribution is 2.24. The van der Waals surface area contributed by atoms with Crippen molar-refractivity contribution >= 4 is 0 Å². The number of hydrogen-bond donors (Lipinski definition) is 1. The quantitative estimate of drug-likeness (QED) is 0.842. The fraction of sp³-hybridized carbons (Fsp3) is 0.500. The standard InChI is InChI=1S/C14H17FN2O/c1-2-13(8-16)18-14-6-3-11(15)7-10(14)9-17-12-4-5-12/h3,6-7,12-13,17H,2,4-5,9H2,1H3. The second kappa shape index (κ2) is 5.83. The first-order valence-corrected chi connectivity index (χ1v) is 6.31. The number of ether oxygens (including phenoxy) is 1. The molecule has 0 amide bonds. The van der Waals surface area contributed by atoms with E-state index in [9.17, 15) is 4.39 Å². The van der Waals surface area contributed by atoms with E-state index in [4.69, 9.17) is 10.00 Å². The maximum atomic E-state index is 13.2. The third-order valence-electron chi connectivity index (χ3n) is 2.97. The van der Waals surface area contributed by atoms with Gasteiger partial charge in [-0.1, -0.05) is 6.92 Å². The van der Waals surface area contributed by atoms with E-state index in [0.29, 0.717) is 24.8 Å². The molecule has 0 aromatic heterocycles. The van der Waals surface area contributed by atoms with E-state index in [0.717, 1.165) is 5.56 Å². The molecule has 0 saturated heterocycles. The minimum absolute atomic E-state index is 0.278. The normalized spacial score (nSPS) is 16.1. The molecule has 1 atom stereocenters. The van der Waals surface area contributed by atoms with Crippen LogP contribution in [0.2, 0.25) is 0 Å². The van der Waals surface area contributed by atoms with E-state index < -0.39 is 6.10 Å². The van der Waals surface area contributed by atoms with Gasteiger partial charge in [0.25, 0.3) is 0 Å². The van der Waals surface area contributed by atoms with Crippen LogP contribution in [-0.4, -0.2) is 12.1 Å². The van der Waals surface area contributed by atoms with Crippen LogP contribution in [0.15, 0.2) is 18.2 Å². The summed E-state index contributed by atoms with van der Waals surface area (Å²) >= 11 is 0. The van der Waals surface area contributed by atoms with Crippen LogP contribution in [0.3, 0.4) is 0 Å². The van der Waals surface area contributed by atoms with E-state index >= 15 is 0 Å². The Kier molecular flexibility index (Phi) is 4.16. The van der Waals surface area contributed by atoms with Crippen LogP contribution in [0.1, 0.15) is 31.7 Å². The Hall–Kier alpha value is -1.60. The number of benzene rings is 1. The Morgan fingerprint density at radius 1 is 1.56 bits per heavy atom. The summed E-state index contributed by atoms with van der Waals surface area (Å²) in [4.78, 5) is 0. The van der Waals surface area contributed by atoms with Crippen molar-refractivity contribution < 1.29 is 9.13 Å². The topological polar surface area (TPSA) is 45.0 Å². The molecule has 1 unspecified atom stereocenters. The molecule has 0 radical (unpaired) electrons. The molecular weight excluding hydrogens is 231 g/mol. The molecule has 1 aromatic rings. The summed E-state index contributed by atoms with van der Waals surface area (Å²) in [5.41, 5.74) is 0.774. The van der Waals surface area contributed by atoms with Gasteiger partial charge < -0.3 is 10.1 Å². The van der Waals surface area contributed by atoms with E-state index in [2.05, 4.69) is 11.4 Å². The fourth-order valence-electron chi connectivity index (χ4n) is 1.70. The predicted octanol–water partition coefficient (Wildman–Crippen LogP) is 2.76. The second-order valence-electron chi connectivity index (χ2n) is 4.55. The first-order valence-electron chi connectivity index (χ1n) is 6.31. The highest BCUT2D eigenvalue weighted by Gasteiger charge is 2.21.